The van der Waals surface area contributed by atoms with Crippen LogP contribution in [0.3, 0.4) is 0 Å². The Balaban J connectivity index is 1.95. The number of ether oxygens (including phenoxy) is 2. The van der Waals surface area contributed by atoms with Gasteiger partial charge in [-0.1, -0.05) is 0 Å². The zero-order valence-corrected chi connectivity index (χ0v) is 13.2. The third-order valence-corrected chi connectivity index (χ3v) is 3.09. The molecule has 6 heteroatoms. The predicted molar refractivity (Wildman–Crippen MR) is 82.1 cm³/mol. The summed E-state index contributed by atoms with van der Waals surface area (Å²) in [7, 11) is 0. The first-order valence-corrected chi connectivity index (χ1v) is 7.32. The van der Waals surface area contributed by atoms with E-state index in [2.05, 4.69) is 5.32 Å². The SMILES string of the molecule is CC(C)(C)NC(=O)Oc1ccc(C(=O)N2CCOCC2)cc1. The van der Waals surface area contributed by atoms with E-state index in [4.69, 9.17) is 9.47 Å². The number of carbonyl (C=O) groups excluding carboxylic acids is 2. The second-order valence-electron chi connectivity index (χ2n) is 6.19. The van der Waals surface area contributed by atoms with Crippen molar-refractivity contribution in [1.82, 2.24) is 10.2 Å². The van der Waals surface area contributed by atoms with Crippen LogP contribution in [0.5, 0.6) is 5.75 Å². The molecular weight excluding hydrogens is 284 g/mol. The van der Waals surface area contributed by atoms with Gasteiger partial charge in [0.1, 0.15) is 5.75 Å². The fourth-order valence-corrected chi connectivity index (χ4v) is 2.05. The first-order valence-electron chi connectivity index (χ1n) is 7.32. The van der Waals surface area contributed by atoms with Crippen molar-refractivity contribution in [2.24, 2.45) is 0 Å². The molecule has 1 aliphatic rings. The number of nitrogens with zero attached hydrogens (tertiary/aromatic N) is 1. The van der Waals surface area contributed by atoms with Crippen molar-refractivity contribution in [3.05, 3.63) is 29.8 Å². The van der Waals surface area contributed by atoms with Gasteiger partial charge in [0.15, 0.2) is 0 Å². The minimum Gasteiger partial charge on any atom is -0.410 e. The predicted octanol–water partition coefficient (Wildman–Crippen LogP) is 2.05. The molecule has 0 atom stereocenters. The van der Waals surface area contributed by atoms with Gasteiger partial charge in [-0.3, -0.25) is 4.79 Å². The third-order valence-electron chi connectivity index (χ3n) is 3.09. The molecule has 1 N–H and O–H groups in total. The van der Waals surface area contributed by atoms with Crippen molar-refractivity contribution in [3.8, 4) is 5.75 Å². The highest BCUT2D eigenvalue weighted by molar-refractivity contribution is 5.94. The average Bonchev–Trinajstić information content (AvgIpc) is 2.46. The Labute approximate surface area is 130 Å². The highest BCUT2D eigenvalue weighted by atomic mass is 16.6. The molecule has 1 aromatic carbocycles. The number of hydrogen-bond donors (Lipinski definition) is 1. The second-order valence-corrected chi connectivity index (χ2v) is 6.19. The van der Waals surface area contributed by atoms with Crippen LogP contribution in [-0.2, 0) is 4.74 Å². The van der Waals surface area contributed by atoms with E-state index in [1.807, 2.05) is 20.8 Å². The summed E-state index contributed by atoms with van der Waals surface area (Å²) in [6, 6.07) is 6.57. The van der Waals surface area contributed by atoms with Crippen molar-refractivity contribution in [1.29, 1.82) is 0 Å². The summed E-state index contributed by atoms with van der Waals surface area (Å²) in [6.07, 6.45) is -0.514. The minimum atomic E-state index is -0.514. The minimum absolute atomic E-state index is 0.0333. The number of nitrogens with one attached hydrogen (secondary N) is 1. The Kier molecular flexibility index (Phi) is 5.03. The number of morpholine rings is 1. The Hall–Kier alpha value is -2.08. The summed E-state index contributed by atoms with van der Waals surface area (Å²) in [4.78, 5) is 25.7. The van der Waals surface area contributed by atoms with Crippen LogP contribution in [0.1, 0.15) is 31.1 Å². The average molecular weight is 306 g/mol. The molecule has 0 saturated carbocycles. The van der Waals surface area contributed by atoms with E-state index in [0.717, 1.165) is 0 Å². The summed E-state index contributed by atoms with van der Waals surface area (Å²) in [6.45, 7) is 7.96. The Morgan fingerprint density at radius 1 is 1.14 bits per heavy atom. The maximum atomic E-state index is 12.3. The molecule has 0 bridgehead atoms. The Bertz CT molecular complexity index is 528. The van der Waals surface area contributed by atoms with Crippen molar-refractivity contribution in [2.75, 3.05) is 26.3 Å². The standard InChI is InChI=1S/C16H22N2O4/c1-16(2,3)17-15(20)22-13-6-4-12(5-7-13)14(19)18-8-10-21-11-9-18/h4-7H,8-11H2,1-3H3,(H,17,20). The van der Waals surface area contributed by atoms with Crippen molar-refractivity contribution in [2.45, 2.75) is 26.3 Å². The van der Waals surface area contributed by atoms with E-state index >= 15 is 0 Å². The number of amides is 2. The maximum absolute atomic E-state index is 12.3. The van der Waals surface area contributed by atoms with Gasteiger partial charge >= 0.3 is 6.09 Å². The molecule has 0 aromatic heterocycles. The van der Waals surface area contributed by atoms with E-state index < -0.39 is 6.09 Å². The Morgan fingerprint density at radius 3 is 2.27 bits per heavy atom. The summed E-state index contributed by atoms with van der Waals surface area (Å²) in [5.74, 6) is 0.370. The molecule has 120 valence electrons. The number of carbonyl (C=O) groups is 2. The molecule has 1 saturated heterocycles. The van der Waals surface area contributed by atoms with Crippen molar-refractivity contribution < 1.29 is 19.1 Å². The lowest BCUT2D eigenvalue weighted by molar-refractivity contribution is 0.0303. The molecule has 1 aromatic rings. The van der Waals surface area contributed by atoms with Crippen LogP contribution in [0, 0.1) is 0 Å². The molecule has 2 rings (SSSR count). The van der Waals surface area contributed by atoms with Crippen molar-refractivity contribution in [3.63, 3.8) is 0 Å². The molecule has 1 fully saturated rings. The Morgan fingerprint density at radius 2 is 1.73 bits per heavy atom. The zero-order valence-electron chi connectivity index (χ0n) is 13.2. The zero-order chi connectivity index (χ0) is 16.2. The van der Waals surface area contributed by atoms with Gasteiger partial charge in [-0.2, -0.15) is 0 Å². The molecule has 0 spiro atoms. The lowest BCUT2D eigenvalue weighted by Gasteiger charge is -2.26. The molecule has 0 aliphatic carbocycles. The molecular formula is C16H22N2O4. The monoisotopic (exact) mass is 306 g/mol. The van der Waals surface area contributed by atoms with Gasteiger partial charge in [-0.15, -0.1) is 0 Å². The summed E-state index contributed by atoms with van der Waals surface area (Å²) < 4.78 is 10.4. The van der Waals surface area contributed by atoms with Gasteiger partial charge < -0.3 is 19.7 Å². The third kappa shape index (κ3) is 4.73. The van der Waals surface area contributed by atoms with Crippen LogP contribution in [-0.4, -0.2) is 48.7 Å². The van der Waals surface area contributed by atoms with Crippen LogP contribution < -0.4 is 10.1 Å². The largest absolute Gasteiger partial charge is 0.413 e. The van der Waals surface area contributed by atoms with E-state index in [1.54, 1.807) is 29.2 Å². The smallest absolute Gasteiger partial charge is 0.410 e. The fourth-order valence-electron chi connectivity index (χ4n) is 2.05. The topological polar surface area (TPSA) is 67.9 Å². The van der Waals surface area contributed by atoms with E-state index in [9.17, 15) is 9.59 Å². The second kappa shape index (κ2) is 6.79. The van der Waals surface area contributed by atoms with Gasteiger partial charge in [0.2, 0.25) is 0 Å². The van der Waals surface area contributed by atoms with Gasteiger partial charge in [0.05, 0.1) is 13.2 Å². The highest BCUT2D eigenvalue weighted by Crippen LogP contribution is 2.15. The molecule has 1 heterocycles. The summed E-state index contributed by atoms with van der Waals surface area (Å²) >= 11 is 0. The lowest BCUT2D eigenvalue weighted by Crippen LogP contribution is -2.42. The van der Waals surface area contributed by atoms with Crippen LogP contribution in [0.4, 0.5) is 4.79 Å². The van der Waals surface area contributed by atoms with E-state index in [-0.39, 0.29) is 11.4 Å². The number of benzene rings is 1. The molecule has 2 amide bonds. The molecule has 22 heavy (non-hydrogen) atoms. The summed E-state index contributed by atoms with van der Waals surface area (Å²) in [5, 5.41) is 2.71. The van der Waals surface area contributed by atoms with Crippen LogP contribution in [0.25, 0.3) is 0 Å². The highest BCUT2D eigenvalue weighted by Gasteiger charge is 2.19. The van der Waals surface area contributed by atoms with Crippen LogP contribution in [0.15, 0.2) is 24.3 Å². The van der Waals surface area contributed by atoms with Crippen molar-refractivity contribution >= 4 is 12.0 Å². The number of hydrogen-bond acceptors (Lipinski definition) is 4. The fraction of sp³-hybridized carbons (Fsp3) is 0.500. The maximum Gasteiger partial charge on any atom is 0.413 e. The van der Waals surface area contributed by atoms with Gasteiger partial charge in [-0.25, -0.2) is 4.79 Å². The lowest BCUT2D eigenvalue weighted by atomic mass is 10.1. The number of rotatable bonds is 2. The first-order chi connectivity index (χ1) is 10.3. The summed E-state index contributed by atoms with van der Waals surface area (Å²) in [5.41, 5.74) is 0.217. The van der Waals surface area contributed by atoms with Gasteiger partial charge in [0, 0.05) is 24.2 Å². The molecule has 0 radical (unpaired) electrons. The first kappa shape index (κ1) is 16.3. The van der Waals surface area contributed by atoms with Crippen LogP contribution in [0.2, 0.25) is 0 Å². The molecule has 1 aliphatic heterocycles. The quantitative estimate of drug-likeness (QED) is 0.908. The van der Waals surface area contributed by atoms with Crippen LogP contribution >= 0.6 is 0 Å². The molecule has 0 unspecified atom stereocenters. The van der Waals surface area contributed by atoms with Gasteiger partial charge in [-0.05, 0) is 45.0 Å². The molecule has 6 nitrogen and oxygen atoms in total. The van der Waals surface area contributed by atoms with E-state index in [0.29, 0.717) is 37.6 Å². The van der Waals surface area contributed by atoms with Gasteiger partial charge in [0.25, 0.3) is 5.91 Å². The van der Waals surface area contributed by atoms with E-state index in [1.165, 1.54) is 0 Å². The normalized spacial score (nSPS) is 15.3.